The van der Waals surface area contributed by atoms with Gasteiger partial charge in [-0.25, -0.2) is 4.39 Å². The number of benzene rings is 2. The zero-order valence-electron chi connectivity index (χ0n) is 25.0. The number of aryl methyl sites for hydroxylation is 1. The van der Waals surface area contributed by atoms with Crippen LogP contribution in [0.25, 0.3) is 0 Å². The first-order chi connectivity index (χ1) is 19.2. The van der Waals surface area contributed by atoms with Crippen molar-refractivity contribution in [1.29, 1.82) is 0 Å². The highest BCUT2D eigenvalue weighted by Gasteiger charge is 2.29. The third-order valence-electron chi connectivity index (χ3n) is 8.81. The van der Waals surface area contributed by atoms with Gasteiger partial charge >= 0.3 is 0 Å². The zero-order chi connectivity index (χ0) is 29.2. The van der Waals surface area contributed by atoms with E-state index in [1.165, 1.54) is 44.6 Å². The van der Waals surface area contributed by atoms with E-state index in [0.717, 1.165) is 37.5 Å². The van der Waals surface area contributed by atoms with Crippen molar-refractivity contribution >= 4 is 6.47 Å². The Morgan fingerprint density at radius 3 is 2.25 bits per heavy atom. The molecule has 2 unspecified atom stereocenters. The Morgan fingerprint density at radius 2 is 1.60 bits per heavy atom. The first-order valence-corrected chi connectivity index (χ1v) is 15.3. The van der Waals surface area contributed by atoms with Crippen LogP contribution in [0.2, 0.25) is 0 Å². The molecule has 4 rings (SSSR count). The van der Waals surface area contributed by atoms with Crippen LogP contribution in [0.1, 0.15) is 116 Å². The summed E-state index contributed by atoms with van der Waals surface area (Å²) >= 11 is 0. The number of ether oxygens (including phenoxy) is 2. The molecular formula is C34H47F3O3. The molecule has 0 bridgehead atoms. The highest BCUT2D eigenvalue weighted by atomic mass is 19.2. The first-order valence-electron chi connectivity index (χ1n) is 15.3. The molecule has 1 heterocycles. The molecule has 222 valence electrons. The van der Waals surface area contributed by atoms with Crippen molar-refractivity contribution in [3.8, 4) is 17.2 Å². The average molecular weight is 561 g/mol. The summed E-state index contributed by atoms with van der Waals surface area (Å²) in [6, 6.07) is 4.69. The van der Waals surface area contributed by atoms with Gasteiger partial charge in [-0.05, 0) is 48.1 Å². The Hall–Kier alpha value is -2.50. The second-order valence-corrected chi connectivity index (χ2v) is 12.2. The van der Waals surface area contributed by atoms with Gasteiger partial charge in [-0.1, -0.05) is 105 Å². The zero-order valence-corrected chi connectivity index (χ0v) is 25.0. The van der Waals surface area contributed by atoms with Gasteiger partial charge in [-0.2, -0.15) is 8.78 Å². The second-order valence-electron chi connectivity index (χ2n) is 12.2. The maximum absolute atomic E-state index is 15.1. The molecule has 2 aliphatic rings. The van der Waals surface area contributed by atoms with Crippen molar-refractivity contribution in [3.63, 3.8) is 0 Å². The summed E-state index contributed by atoms with van der Waals surface area (Å²) in [4.78, 5) is 10.5. The van der Waals surface area contributed by atoms with E-state index in [-0.39, 0.29) is 24.4 Å². The minimum atomic E-state index is -1.34. The van der Waals surface area contributed by atoms with Crippen molar-refractivity contribution in [2.24, 2.45) is 23.7 Å². The molecule has 0 amide bonds. The maximum atomic E-state index is 15.1. The molecule has 40 heavy (non-hydrogen) atoms. The summed E-state index contributed by atoms with van der Waals surface area (Å²) in [6.45, 7) is 11.3. The normalized spacial score (nSPS) is 19.3. The lowest BCUT2D eigenvalue weighted by atomic mass is 9.81. The monoisotopic (exact) mass is 560 g/mol. The summed E-state index contributed by atoms with van der Waals surface area (Å²) < 4.78 is 53.5. The number of hydrogen-bond acceptors (Lipinski definition) is 3. The molecular weight excluding hydrogens is 513 g/mol. The lowest BCUT2D eigenvalue weighted by Crippen LogP contribution is -2.11. The Kier molecular flexibility index (Phi) is 12.4. The van der Waals surface area contributed by atoms with Gasteiger partial charge < -0.3 is 9.47 Å². The highest BCUT2D eigenvalue weighted by Crippen LogP contribution is 2.43. The third-order valence-corrected chi connectivity index (χ3v) is 8.81. The van der Waals surface area contributed by atoms with Gasteiger partial charge in [0.2, 0.25) is 11.6 Å². The molecule has 1 saturated carbocycles. The SMILES string of the molecule is CCC(C)CCC(C)CCc1ccc2c(c1F)Oc1c(cc(OC=O)c(F)c1F)C2.CCCC1CCC(C)CC1. The highest BCUT2D eigenvalue weighted by molar-refractivity contribution is 5.56. The molecule has 0 spiro atoms. The molecule has 6 heteroatoms. The largest absolute Gasteiger partial charge is 0.450 e. The number of fused-ring (bicyclic) bond motifs is 2. The Balaban J connectivity index is 0.000000371. The van der Waals surface area contributed by atoms with Gasteiger partial charge in [0, 0.05) is 17.5 Å². The Bertz CT molecular complexity index is 1110. The van der Waals surface area contributed by atoms with Crippen LogP contribution in [0.3, 0.4) is 0 Å². The van der Waals surface area contributed by atoms with E-state index in [2.05, 4.69) is 39.4 Å². The molecule has 1 aliphatic heterocycles. The van der Waals surface area contributed by atoms with E-state index < -0.39 is 23.2 Å². The lowest BCUT2D eigenvalue weighted by molar-refractivity contribution is -0.120. The third kappa shape index (κ3) is 8.50. The summed E-state index contributed by atoms with van der Waals surface area (Å²) in [7, 11) is 0. The van der Waals surface area contributed by atoms with Crippen molar-refractivity contribution in [3.05, 3.63) is 52.3 Å². The van der Waals surface area contributed by atoms with Gasteiger partial charge in [-0.15, -0.1) is 0 Å². The number of halogens is 3. The minimum Gasteiger partial charge on any atom is -0.450 e. The van der Waals surface area contributed by atoms with Crippen LogP contribution in [0.4, 0.5) is 13.2 Å². The predicted molar refractivity (Wildman–Crippen MR) is 155 cm³/mol. The molecule has 0 radical (unpaired) electrons. The predicted octanol–water partition coefficient (Wildman–Crippen LogP) is 10.3. The van der Waals surface area contributed by atoms with Crippen LogP contribution < -0.4 is 9.47 Å². The maximum Gasteiger partial charge on any atom is 0.298 e. The number of carbonyl (C=O) groups excluding carboxylic acids is 1. The average Bonchev–Trinajstić information content (AvgIpc) is 2.95. The van der Waals surface area contributed by atoms with Gasteiger partial charge in [-0.3, -0.25) is 4.79 Å². The van der Waals surface area contributed by atoms with E-state index >= 15 is 4.39 Å². The molecule has 3 nitrogen and oxygen atoms in total. The minimum absolute atomic E-state index is 0.0255. The van der Waals surface area contributed by atoms with Crippen molar-refractivity contribution in [1.82, 2.24) is 0 Å². The molecule has 0 saturated heterocycles. The van der Waals surface area contributed by atoms with Gasteiger partial charge in [0.25, 0.3) is 6.47 Å². The lowest BCUT2D eigenvalue weighted by Gasteiger charge is -2.25. The summed E-state index contributed by atoms with van der Waals surface area (Å²) in [5.74, 6) is -0.834. The Labute approximate surface area is 238 Å². The molecule has 1 aliphatic carbocycles. The fraction of sp³-hybridized carbons (Fsp3) is 0.618. The second kappa shape index (κ2) is 15.5. The van der Waals surface area contributed by atoms with Gasteiger partial charge in [0.15, 0.2) is 23.1 Å². The summed E-state index contributed by atoms with van der Waals surface area (Å²) in [5, 5.41) is 0. The molecule has 2 atom stereocenters. The van der Waals surface area contributed by atoms with E-state index in [0.29, 0.717) is 34.9 Å². The smallest absolute Gasteiger partial charge is 0.298 e. The fourth-order valence-electron chi connectivity index (χ4n) is 5.75. The fourth-order valence-corrected chi connectivity index (χ4v) is 5.75. The first kappa shape index (κ1) is 32.0. The number of hydrogen-bond donors (Lipinski definition) is 0. The van der Waals surface area contributed by atoms with Crippen LogP contribution in [0.15, 0.2) is 18.2 Å². The van der Waals surface area contributed by atoms with Gasteiger partial charge in [0.05, 0.1) is 0 Å². The molecule has 2 aromatic carbocycles. The molecule has 0 N–H and O–H groups in total. The topological polar surface area (TPSA) is 35.5 Å². The standard InChI is InChI=1S/C24H27F3O3.C10H20/c1-4-14(2)5-6-15(3)7-8-16-9-10-17-11-18-12-19(29-13-28)21(26)22(27)24(18)30-23(17)20(16)25;1-3-4-10-7-5-9(2)6-8-10/h9-10,12-15H,4-8,11H2,1-3H3;9-10H,3-8H2,1-2H3. The van der Waals surface area contributed by atoms with Crippen LogP contribution in [-0.4, -0.2) is 6.47 Å². The van der Waals surface area contributed by atoms with Crippen LogP contribution >= 0.6 is 0 Å². The number of rotatable bonds is 11. The molecule has 1 fully saturated rings. The van der Waals surface area contributed by atoms with E-state index in [9.17, 15) is 13.6 Å². The van der Waals surface area contributed by atoms with E-state index in [4.69, 9.17) is 4.74 Å². The number of carbonyl (C=O) groups is 1. The Morgan fingerprint density at radius 1 is 0.925 bits per heavy atom. The van der Waals surface area contributed by atoms with Gasteiger partial charge in [0.1, 0.15) is 0 Å². The van der Waals surface area contributed by atoms with Crippen molar-refractivity contribution < 1.29 is 27.4 Å². The quantitative estimate of drug-likeness (QED) is 0.219. The summed E-state index contributed by atoms with van der Waals surface area (Å²) in [6.07, 6.45) is 13.8. The van der Waals surface area contributed by atoms with Crippen molar-refractivity contribution in [2.75, 3.05) is 0 Å². The molecule has 0 aromatic heterocycles. The summed E-state index contributed by atoms with van der Waals surface area (Å²) in [5.41, 5.74) is 1.34. The van der Waals surface area contributed by atoms with Crippen molar-refractivity contribution in [2.45, 2.75) is 112 Å². The van der Waals surface area contributed by atoms with Crippen LogP contribution in [-0.2, 0) is 17.6 Å². The van der Waals surface area contributed by atoms with Crippen LogP contribution in [0, 0.1) is 41.1 Å². The van der Waals surface area contributed by atoms with E-state index in [1.54, 1.807) is 12.1 Å². The van der Waals surface area contributed by atoms with E-state index in [1.807, 2.05) is 0 Å². The van der Waals surface area contributed by atoms with Crippen LogP contribution in [0.5, 0.6) is 17.2 Å². The molecule has 2 aromatic rings.